The van der Waals surface area contributed by atoms with Crippen LogP contribution in [0, 0.1) is 0 Å². The van der Waals surface area contributed by atoms with Gasteiger partial charge in [0.15, 0.2) is 11.5 Å². The number of carbonyl (C=O) groups is 3. The maximum atomic E-state index is 13.2. The van der Waals surface area contributed by atoms with Crippen molar-refractivity contribution >= 4 is 52.8 Å². The zero-order valence-electron chi connectivity index (χ0n) is 20.2. The summed E-state index contributed by atoms with van der Waals surface area (Å²) in [5, 5.41) is 3.00. The molecule has 37 heavy (non-hydrogen) atoms. The van der Waals surface area contributed by atoms with E-state index >= 15 is 0 Å². The molecule has 0 radical (unpaired) electrons. The molecule has 1 N–H and O–H groups in total. The smallest absolute Gasteiger partial charge is 0.335 e. The number of nitrogens with one attached hydrogen (secondary N) is 1. The number of benzene rings is 3. The number of ether oxygens (including phenoxy) is 2. The topological polar surface area (TPSA) is 84.9 Å². The Bertz CT molecular complexity index is 1390. The lowest BCUT2D eigenvalue weighted by Gasteiger charge is -2.26. The standard InChI is InChI=1S/C28H24Cl2N2O5/c1-3-17-9-11-20(12-10-17)32-27(34)21(26(33)31-28(32)35)13-18-14-23(30)25(24(15-18)36-4-2)37-16-19-7-5-6-8-22(19)29/h5-15H,3-4,16H2,1-2H3,(H,31,33,35)/b21-13-. The van der Waals surface area contributed by atoms with Gasteiger partial charge in [0.1, 0.15) is 12.2 Å². The number of aryl methyl sites for hydroxylation is 1. The van der Waals surface area contributed by atoms with Gasteiger partial charge in [0.2, 0.25) is 0 Å². The van der Waals surface area contributed by atoms with Crippen molar-refractivity contribution in [3.8, 4) is 11.5 Å². The maximum Gasteiger partial charge on any atom is 0.335 e. The Labute approximate surface area is 224 Å². The van der Waals surface area contributed by atoms with E-state index in [1.807, 2.05) is 44.2 Å². The maximum absolute atomic E-state index is 13.2. The van der Waals surface area contributed by atoms with E-state index in [9.17, 15) is 14.4 Å². The first-order valence-electron chi connectivity index (χ1n) is 11.6. The quantitative estimate of drug-likeness (QED) is 0.272. The normalized spacial score (nSPS) is 14.6. The predicted octanol–water partition coefficient (Wildman–Crippen LogP) is 6.20. The number of rotatable bonds is 8. The predicted molar refractivity (Wildman–Crippen MR) is 143 cm³/mol. The minimum absolute atomic E-state index is 0.161. The average Bonchev–Trinajstić information content (AvgIpc) is 2.87. The van der Waals surface area contributed by atoms with Crippen LogP contribution in [0.1, 0.15) is 30.5 Å². The van der Waals surface area contributed by atoms with Crippen LogP contribution in [0.25, 0.3) is 6.08 Å². The van der Waals surface area contributed by atoms with Gasteiger partial charge in [0, 0.05) is 10.6 Å². The zero-order valence-corrected chi connectivity index (χ0v) is 21.7. The van der Waals surface area contributed by atoms with Crippen molar-refractivity contribution in [3.05, 3.63) is 93.0 Å². The number of anilines is 1. The largest absolute Gasteiger partial charge is 0.490 e. The summed E-state index contributed by atoms with van der Waals surface area (Å²) in [6, 6.07) is 16.6. The second kappa shape index (κ2) is 11.5. The van der Waals surface area contributed by atoms with Crippen molar-refractivity contribution < 1.29 is 23.9 Å². The number of hydrogen-bond donors (Lipinski definition) is 1. The van der Waals surface area contributed by atoms with Gasteiger partial charge in [-0.2, -0.15) is 0 Å². The van der Waals surface area contributed by atoms with E-state index in [0.29, 0.717) is 34.4 Å². The molecule has 0 bridgehead atoms. The van der Waals surface area contributed by atoms with E-state index in [1.54, 1.807) is 30.3 Å². The lowest BCUT2D eigenvalue weighted by Crippen LogP contribution is -2.54. The number of amides is 4. The fraction of sp³-hybridized carbons (Fsp3) is 0.179. The number of hydrogen-bond acceptors (Lipinski definition) is 5. The van der Waals surface area contributed by atoms with Gasteiger partial charge in [-0.3, -0.25) is 14.9 Å². The summed E-state index contributed by atoms with van der Waals surface area (Å²) in [6.07, 6.45) is 2.18. The second-order valence-corrected chi connectivity index (χ2v) is 8.94. The van der Waals surface area contributed by atoms with Crippen LogP contribution in [0.2, 0.25) is 10.0 Å². The fourth-order valence-electron chi connectivity index (χ4n) is 3.78. The summed E-state index contributed by atoms with van der Waals surface area (Å²) in [4.78, 5) is 39.3. The Morgan fingerprint density at radius 3 is 2.32 bits per heavy atom. The molecule has 0 spiro atoms. The van der Waals surface area contributed by atoms with Crippen molar-refractivity contribution in [2.75, 3.05) is 11.5 Å². The molecule has 7 nitrogen and oxygen atoms in total. The van der Waals surface area contributed by atoms with Gasteiger partial charge in [-0.15, -0.1) is 0 Å². The first-order chi connectivity index (χ1) is 17.8. The highest BCUT2D eigenvalue weighted by molar-refractivity contribution is 6.39. The van der Waals surface area contributed by atoms with Crippen LogP contribution in [0.5, 0.6) is 11.5 Å². The molecule has 0 unspecified atom stereocenters. The molecule has 4 amide bonds. The fourth-order valence-corrected chi connectivity index (χ4v) is 4.24. The van der Waals surface area contributed by atoms with Crippen molar-refractivity contribution in [1.82, 2.24) is 5.32 Å². The van der Waals surface area contributed by atoms with Gasteiger partial charge < -0.3 is 9.47 Å². The molecule has 9 heteroatoms. The third-order valence-corrected chi connectivity index (χ3v) is 6.33. The summed E-state index contributed by atoms with van der Waals surface area (Å²) >= 11 is 12.7. The number of carbonyl (C=O) groups excluding carboxylic acids is 3. The third kappa shape index (κ3) is 5.79. The Balaban J connectivity index is 1.65. The molecule has 1 heterocycles. The molecule has 0 aliphatic carbocycles. The van der Waals surface area contributed by atoms with Crippen molar-refractivity contribution in [1.29, 1.82) is 0 Å². The molecule has 1 saturated heterocycles. The Hall–Kier alpha value is -3.81. The van der Waals surface area contributed by atoms with E-state index in [4.69, 9.17) is 32.7 Å². The van der Waals surface area contributed by atoms with Gasteiger partial charge in [-0.1, -0.05) is 60.5 Å². The monoisotopic (exact) mass is 538 g/mol. The molecule has 0 aromatic heterocycles. The Morgan fingerprint density at radius 1 is 0.919 bits per heavy atom. The number of halogens is 2. The lowest BCUT2D eigenvalue weighted by atomic mass is 10.1. The Morgan fingerprint density at radius 2 is 1.65 bits per heavy atom. The molecule has 1 fully saturated rings. The van der Waals surface area contributed by atoms with E-state index in [1.165, 1.54) is 6.08 Å². The van der Waals surface area contributed by atoms with Crippen LogP contribution in [-0.4, -0.2) is 24.5 Å². The first-order valence-corrected chi connectivity index (χ1v) is 12.4. The van der Waals surface area contributed by atoms with Crippen LogP contribution in [-0.2, 0) is 22.6 Å². The summed E-state index contributed by atoms with van der Waals surface area (Å²) in [6.45, 7) is 4.30. The second-order valence-electron chi connectivity index (χ2n) is 8.12. The third-order valence-electron chi connectivity index (χ3n) is 5.68. The zero-order chi connectivity index (χ0) is 26.5. The van der Waals surface area contributed by atoms with Crippen molar-refractivity contribution in [2.45, 2.75) is 26.9 Å². The van der Waals surface area contributed by atoms with Gasteiger partial charge in [-0.05, 0) is 60.9 Å². The first kappa shape index (κ1) is 26.3. The molecule has 0 saturated carbocycles. The van der Waals surface area contributed by atoms with Crippen LogP contribution in [0.4, 0.5) is 10.5 Å². The molecule has 1 aliphatic rings. The van der Waals surface area contributed by atoms with Gasteiger partial charge in [0.25, 0.3) is 11.8 Å². The minimum Gasteiger partial charge on any atom is -0.490 e. The molecule has 1 aliphatic heterocycles. The van der Waals surface area contributed by atoms with Crippen molar-refractivity contribution in [2.24, 2.45) is 0 Å². The van der Waals surface area contributed by atoms with Crippen LogP contribution < -0.4 is 19.7 Å². The van der Waals surface area contributed by atoms with Gasteiger partial charge in [0.05, 0.1) is 17.3 Å². The molecule has 4 rings (SSSR count). The molecule has 3 aromatic rings. The molecule has 190 valence electrons. The Kier molecular flexibility index (Phi) is 8.16. The number of nitrogens with zero attached hydrogens (tertiary/aromatic N) is 1. The summed E-state index contributed by atoms with van der Waals surface area (Å²) in [5.41, 5.74) is 2.38. The molecule has 0 atom stereocenters. The van der Waals surface area contributed by atoms with E-state index in [2.05, 4.69) is 5.32 Å². The average molecular weight is 539 g/mol. The summed E-state index contributed by atoms with van der Waals surface area (Å²) < 4.78 is 11.6. The SMILES string of the molecule is CCOc1cc(/C=C2/C(=O)NC(=O)N(c3ccc(CC)cc3)C2=O)cc(Cl)c1OCc1ccccc1Cl. The summed E-state index contributed by atoms with van der Waals surface area (Å²) in [5.74, 6) is -0.908. The van der Waals surface area contributed by atoms with Gasteiger partial charge in [-0.25, -0.2) is 9.69 Å². The lowest BCUT2D eigenvalue weighted by molar-refractivity contribution is -0.122. The molecular weight excluding hydrogens is 515 g/mol. The number of imide groups is 2. The van der Waals surface area contributed by atoms with Crippen LogP contribution in [0.3, 0.4) is 0 Å². The highest BCUT2D eigenvalue weighted by Crippen LogP contribution is 2.38. The highest BCUT2D eigenvalue weighted by atomic mass is 35.5. The van der Waals surface area contributed by atoms with E-state index in [-0.39, 0.29) is 17.2 Å². The van der Waals surface area contributed by atoms with E-state index in [0.717, 1.165) is 22.4 Å². The van der Waals surface area contributed by atoms with Crippen LogP contribution in [0.15, 0.2) is 66.2 Å². The van der Waals surface area contributed by atoms with E-state index < -0.39 is 17.8 Å². The number of barbiturate groups is 1. The summed E-state index contributed by atoms with van der Waals surface area (Å²) in [7, 11) is 0. The van der Waals surface area contributed by atoms with Crippen LogP contribution >= 0.6 is 23.2 Å². The van der Waals surface area contributed by atoms with Crippen molar-refractivity contribution in [3.63, 3.8) is 0 Å². The number of urea groups is 1. The molecule has 3 aromatic carbocycles. The highest BCUT2D eigenvalue weighted by Gasteiger charge is 2.36. The molecular formula is C28H24Cl2N2O5. The van der Waals surface area contributed by atoms with Gasteiger partial charge >= 0.3 is 6.03 Å². The minimum atomic E-state index is -0.812.